The highest BCUT2D eigenvalue weighted by atomic mass is 127. The van der Waals surface area contributed by atoms with Crippen molar-refractivity contribution in [2.45, 2.75) is 20.3 Å². The van der Waals surface area contributed by atoms with Crippen LogP contribution in [0.1, 0.15) is 19.5 Å². The summed E-state index contributed by atoms with van der Waals surface area (Å²) >= 11 is 3.76. The van der Waals surface area contributed by atoms with Crippen LogP contribution >= 0.6 is 33.9 Å². The van der Waals surface area contributed by atoms with Crippen molar-refractivity contribution in [3.63, 3.8) is 0 Å². The van der Waals surface area contributed by atoms with Gasteiger partial charge in [0.15, 0.2) is 0 Å². The Morgan fingerprint density at radius 3 is 2.86 bits per heavy atom. The lowest BCUT2D eigenvalue weighted by Crippen LogP contribution is -2.17. The van der Waals surface area contributed by atoms with Gasteiger partial charge in [-0.1, -0.05) is 32.0 Å². The summed E-state index contributed by atoms with van der Waals surface area (Å²) in [6, 6.07) is 8.19. The van der Waals surface area contributed by atoms with Crippen LogP contribution in [0.2, 0.25) is 0 Å². The summed E-state index contributed by atoms with van der Waals surface area (Å²) in [4.78, 5) is 19.8. The van der Waals surface area contributed by atoms with Crippen LogP contribution in [0, 0.1) is 9.49 Å². The number of halogens is 1. The van der Waals surface area contributed by atoms with Gasteiger partial charge in [0, 0.05) is 21.0 Å². The smallest absolute Gasteiger partial charge is 0.264 e. The second-order valence-electron chi connectivity index (χ2n) is 5.42. The molecule has 2 heterocycles. The third-order valence-corrected chi connectivity index (χ3v) is 5.35. The maximum absolute atomic E-state index is 12.2. The number of aromatic nitrogens is 2. The van der Waals surface area contributed by atoms with Crippen LogP contribution in [0.5, 0.6) is 0 Å². The van der Waals surface area contributed by atoms with E-state index in [9.17, 15) is 4.79 Å². The molecular weight excluding hydrogens is 395 g/mol. The molecule has 0 saturated carbocycles. The van der Waals surface area contributed by atoms with Crippen LogP contribution in [0.4, 0.5) is 0 Å². The average Bonchev–Trinajstić information content (AvgIpc) is 2.87. The number of fused-ring (bicyclic) bond motifs is 1. The van der Waals surface area contributed by atoms with Crippen LogP contribution in [0.15, 0.2) is 34.4 Å². The van der Waals surface area contributed by atoms with Gasteiger partial charge < -0.3 is 4.98 Å². The number of nitrogens with zero attached hydrogens (tertiary/aromatic N) is 1. The molecule has 0 radical (unpaired) electrons. The van der Waals surface area contributed by atoms with Crippen molar-refractivity contribution in [1.82, 2.24) is 9.97 Å². The molecule has 0 saturated heterocycles. The Kier molecular flexibility index (Phi) is 4.12. The average molecular weight is 410 g/mol. The minimum absolute atomic E-state index is 0.0495. The molecule has 0 fully saturated rings. The van der Waals surface area contributed by atoms with E-state index in [-0.39, 0.29) is 5.56 Å². The van der Waals surface area contributed by atoms with Gasteiger partial charge in [-0.2, -0.15) is 0 Å². The van der Waals surface area contributed by atoms with E-state index in [0.29, 0.717) is 15.3 Å². The summed E-state index contributed by atoms with van der Waals surface area (Å²) in [5, 5.41) is 3.21. The predicted molar refractivity (Wildman–Crippen MR) is 96.9 cm³/mol. The molecule has 0 unspecified atom stereocenters. The molecule has 0 spiro atoms. The minimum atomic E-state index is -0.0495. The van der Waals surface area contributed by atoms with Gasteiger partial charge in [0.2, 0.25) is 0 Å². The van der Waals surface area contributed by atoms with Crippen LogP contribution < -0.4 is 5.56 Å². The second kappa shape index (κ2) is 5.88. The van der Waals surface area contributed by atoms with E-state index < -0.39 is 0 Å². The molecule has 0 aliphatic carbocycles. The van der Waals surface area contributed by atoms with Gasteiger partial charge in [0.1, 0.15) is 5.82 Å². The highest BCUT2D eigenvalue weighted by Gasteiger charge is 2.14. The number of hydrogen-bond donors (Lipinski definition) is 1. The van der Waals surface area contributed by atoms with Gasteiger partial charge in [0.05, 0.1) is 9.26 Å². The van der Waals surface area contributed by atoms with Crippen LogP contribution in [-0.4, -0.2) is 9.97 Å². The molecule has 2 aromatic heterocycles. The van der Waals surface area contributed by atoms with Crippen molar-refractivity contribution < 1.29 is 0 Å². The Morgan fingerprint density at radius 1 is 1.33 bits per heavy atom. The number of benzene rings is 1. The number of aromatic amines is 1. The molecule has 108 valence electrons. The first-order chi connectivity index (χ1) is 10.1. The zero-order chi connectivity index (χ0) is 15.0. The molecule has 0 bridgehead atoms. The summed E-state index contributed by atoms with van der Waals surface area (Å²) in [5.41, 5.74) is 1.85. The van der Waals surface area contributed by atoms with E-state index in [1.165, 1.54) is 4.70 Å². The number of thiophene rings is 1. The molecule has 3 aromatic rings. The normalized spacial score (nSPS) is 11.4. The Hall–Kier alpha value is -1.21. The number of H-pyrrole nitrogens is 1. The van der Waals surface area contributed by atoms with Gasteiger partial charge in [-0.3, -0.25) is 4.79 Å². The molecule has 3 nitrogen and oxygen atoms in total. The van der Waals surface area contributed by atoms with Crippen molar-refractivity contribution in [2.75, 3.05) is 0 Å². The lowest BCUT2D eigenvalue weighted by atomic mass is 10.1. The topological polar surface area (TPSA) is 45.8 Å². The standard InChI is InChI=1S/C16H15IN2OS/c1-9(2)7-12-14(17)16(20)19-15(18-12)11-8-21-13-6-4-3-5-10(11)13/h3-6,8-9H,7H2,1-2H3,(H,18,19,20). The van der Waals surface area contributed by atoms with Gasteiger partial charge in [-0.25, -0.2) is 4.98 Å². The molecule has 0 atom stereocenters. The first-order valence-corrected chi connectivity index (χ1v) is 8.77. The molecule has 0 aliphatic rings. The van der Waals surface area contributed by atoms with E-state index in [1.807, 2.05) is 12.1 Å². The maximum atomic E-state index is 12.2. The van der Waals surface area contributed by atoms with E-state index in [0.717, 1.165) is 23.1 Å². The monoisotopic (exact) mass is 410 g/mol. The van der Waals surface area contributed by atoms with Crippen LogP contribution in [0.3, 0.4) is 0 Å². The van der Waals surface area contributed by atoms with Gasteiger partial charge in [-0.05, 0) is 41.0 Å². The van der Waals surface area contributed by atoms with Crippen LogP contribution in [-0.2, 0) is 6.42 Å². The van der Waals surface area contributed by atoms with Crippen molar-refractivity contribution in [1.29, 1.82) is 0 Å². The lowest BCUT2D eigenvalue weighted by Gasteiger charge is -2.08. The van der Waals surface area contributed by atoms with Crippen molar-refractivity contribution in [2.24, 2.45) is 5.92 Å². The van der Waals surface area contributed by atoms with Crippen molar-refractivity contribution in [3.05, 3.63) is 49.3 Å². The van der Waals surface area contributed by atoms with Gasteiger partial charge in [-0.15, -0.1) is 11.3 Å². The quantitative estimate of drug-likeness (QED) is 0.649. The molecule has 1 aromatic carbocycles. The Labute approximate surface area is 140 Å². The summed E-state index contributed by atoms with van der Waals surface area (Å²) in [6.45, 7) is 4.28. The summed E-state index contributed by atoms with van der Waals surface area (Å²) in [6.07, 6.45) is 0.817. The highest BCUT2D eigenvalue weighted by molar-refractivity contribution is 14.1. The third kappa shape index (κ3) is 2.89. The number of nitrogens with one attached hydrogen (secondary N) is 1. The van der Waals surface area contributed by atoms with Crippen molar-refractivity contribution >= 4 is 44.0 Å². The molecule has 5 heteroatoms. The maximum Gasteiger partial charge on any atom is 0.264 e. The molecule has 0 amide bonds. The van der Waals surface area contributed by atoms with Gasteiger partial charge in [0.25, 0.3) is 5.56 Å². The highest BCUT2D eigenvalue weighted by Crippen LogP contribution is 2.31. The largest absolute Gasteiger partial charge is 0.306 e. The van der Waals surface area contributed by atoms with Crippen molar-refractivity contribution in [3.8, 4) is 11.4 Å². The summed E-state index contributed by atoms with van der Waals surface area (Å²) in [7, 11) is 0. The van der Waals surface area contributed by atoms with E-state index in [2.05, 4.69) is 58.9 Å². The fourth-order valence-electron chi connectivity index (χ4n) is 2.32. The first-order valence-electron chi connectivity index (χ1n) is 6.81. The molecule has 1 N–H and O–H groups in total. The third-order valence-electron chi connectivity index (χ3n) is 3.27. The zero-order valence-corrected chi connectivity index (χ0v) is 14.8. The summed E-state index contributed by atoms with van der Waals surface area (Å²) < 4.78 is 1.91. The summed E-state index contributed by atoms with van der Waals surface area (Å²) in [5.74, 6) is 1.15. The fraction of sp³-hybridized carbons (Fsp3) is 0.250. The molecular formula is C16H15IN2OS. The van der Waals surface area contributed by atoms with Gasteiger partial charge >= 0.3 is 0 Å². The van der Waals surface area contributed by atoms with E-state index in [1.54, 1.807) is 11.3 Å². The SMILES string of the molecule is CC(C)Cc1nc(-c2csc3ccccc23)[nH]c(=O)c1I. The Morgan fingerprint density at radius 2 is 2.10 bits per heavy atom. The number of hydrogen-bond acceptors (Lipinski definition) is 3. The van der Waals surface area contributed by atoms with Crippen LogP contribution in [0.25, 0.3) is 21.5 Å². The Bertz CT molecular complexity index is 851. The molecule has 0 aliphatic heterocycles. The Balaban J connectivity index is 2.18. The second-order valence-corrected chi connectivity index (χ2v) is 7.41. The predicted octanol–water partition coefficient (Wildman–Crippen LogP) is 4.45. The molecule has 21 heavy (non-hydrogen) atoms. The van der Waals surface area contributed by atoms with E-state index in [4.69, 9.17) is 4.98 Å². The first kappa shape index (κ1) is 14.7. The minimum Gasteiger partial charge on any atom is -0.306 e. The lowest BCUT2D eigenvalue weighted by molar-refractivity contribution is 0.631. The van der Waals surface area contributed by atoms with E-state index >= 15 is 0 Å². The number of rotatable bonds is 3. The molecule has 3 rings (SSSR count). The fourth-order valence-corrected chi connectivity index (χ4v) is 3.74. The zero-order valence-electron chi connectivity index (χ0n) is 11.8.